The Labute approximate surface area is 98.5 Å². The molecule has 0 aliphatic carbocycles. The Bertz CT molecular complexity index is 294. The van der Waals surface area contributed by atoms with Gasteiger partial charge in [0.1, 0.15) is 11.0 Å². The highest BCUT2D eigenvalue weighted by Gasteiger charge is 2.08. The number of hydrogen-bond acceptors (Lipinski definition) is 5. The van der Waals surface area contributed by atoms with Crippen molar-refractivity contribution in [2.45, 2.75) is 12.5 Å². The van der Waals surface area contributed by atoms with Crippen molar-refractivity contribution in [2.75, 3.05) is 23.9 Å². The lowest BCUT2D eigenvalue weighted by atomic mass is 10.2. The van der Waals surface area contributed by atoms with Crippen molar-refractivity contribution in [1.29, 1.82) is 0 Å². The molecular weight excluding hydrogens is 234 g/mol. The largest absolute Gasteiger partial charge is 0.396 e. The fraction of sp³-hybridized carbons (Fsp3) is 0.556. The minimum absolute atomic E-state index is 0.159. The molecule has 0 radical (unpaired) electrons. The van der Waals surface area contributed by atoms with Gasteiger partial charge in [-0.05, 0) is 12.7 Å². The number of nitrogens with zero attached hydrogens (tertiary/aromatic N) is 2. The van der Waals surface area contributed by atoms with Crippen LogP contribution in [0.2, 0.25) is 5.15 Å². The van der Waals surface area contributed by atoms with Gasteiger partial charge in [-0.3, -0.25) is 4.98 Å². The normalized spacial score (nSPS) is 12.5. The van der Waals surface area contributed by atoms with Crippen LogP contribution in [-0.4, -0.2) is 39.7 Å². The van der Waals surface area contributed by atoms with Gasteiger partial charge >= 0.3 is 0 Å². The molecule has 0 fully saturated rings. The summed E-state index contributed by atoms with van der Waals surface area (Å²) < 4.78 is 0. The van der Waals surface area contributed by atoms with Gasteiger partial charge in [-0.25, -0.2) is 4.98 Å². The molecule has 1 heterocycles. The van der Waals surface area contributed by atoms with Gasteiger partial charge in [0, 0.05) is 18.4 Å². The number of aliphatic hydroxyl groups is 1. The van der Waals surface area contributed by atoms with Gasteiger partial charge in [0.25, 0.3) is 0 Å². The van der Waals surface area contributed by atoms with Crippen LogP contribution in [0.25, 0.3) is 0 Å². The molecule has 6 heteroatoms. The van der Waals surface area contributed by atoms with E-state index in [1.807, 2.05) is 6.26 Å². The van der Waals surface area contributed by atoms with E-state index in [1.54, 1.807) is 18.0 Å². The molecule has 0 aliphatic rings. The molecule has 0 aliphatic heterocycles. The Balaban J connectivity index is 2.56. The first-order valence-electron chi connectivity index (χ1n) is 4.60. The van der Waals surface area contributed by atoms with Crippen molar-refractivity contribution in [3.63, 3.8) is 0 Å². The summed E-state index contributed by atoms with van der Waals surface area (Å²) in [5, 5.41) is 12.4. The van der Waals surface area contributed by atoms with E-state index in [0.717, 1.165) is 5.75 Å². The third kappa shape index (κ3) is 4.68. The SMILES string of the molecule is CSCC(CCO)Nc1cncc(Cl)n1. The van der Waals surface area contributed by atoms with E-state index in [1.165, 1.54) is 6.20 Å². The highest BCUT2D eigenvalue weighted by atomic mass is 35.5. The van der Waals surface area contributed by atoms with Crippen LogP contribution < -0.4 is 5.32 Å². The zero-order valence-electron chi connectivity index (χ0n) is 8.48. The van der Waals surface area contributed by atoms with Gasteiger partial charge < -0.3 is 10.4 Å². The van der Waals surface area contributed by atoms with Gasteiger partial charge in [0.15, 0.2) is 0 Å². The predicted octanol–water partition coefficient (Wildman–Crippen LogP) is 1.66. The molecule has 0 bridgehead atoms. The number of aromatic nitrogens is 2. The molecule has 4 nitrogen and oxygen atoms in total. The Morgan fingerprint density at radius 1 is 1.60 bits per heavy atom. The van der Waals surface area contributed by atoms with Crippen LogP contribution in [0.1, 0.15) is 6.42 Å². The van der Waals surface area contributed by atoms with Crippen LogP contribution in [0, 0.1) is 0 Å². The van der Waals surface area contributed by atoms with Crippen molar-refractivity contribution in [3.8, 4) is 0 Å². The molecule has 0 saturated carbocycles. The van der Waals surface area contributed by atoms with Crippen LogP contribution >= 0.6 is 23.4 Å². The molecule has 0 spiro atoms. The van der Waals surface area contributed by atoms with E-state index in [9.17, 15) is 0 Å². The predicted molar refractivity (Wildman–Crippen MR) is 64.5 cm³/mol. The summed E-state index contributed by atoms with van der Waals surface area (Å²) in [5.74, 6) is 1.56. The van der Waals surface area contributed by atoms with Crippen molar-refractivity contribution >= 4 is 29.2 Å². The number of nitrogens with one attached hydrogen (secondary N) is 1. The fourth-order valence-corrected chi connectivity index (χ4v) is 1.97. The van der Waals surface area contributed by atoms with E-state index in [2.05, 4.69) is 15.3 Å². The van der Waals surface area contributed by atoms with Crippen LogP contribution in [0.5, 0.6) is 0 Å². The molecule has 1 aromatic heterocycles. The summed E-state index contributed by atoms with van der Waals surface area (Å²) in [6.45, 7) is 0.159. The van der Waals surface area contributed by atoms with Gasteiger partial charge in [-0.15, -0.1) is 0 Å². The maximum absolute atomic E-state index is 8.88. The smallest absolute Gasteiger partial charge is 0.149 e. The third-order valence-corrected chi connectivity index (χ3v) is 2.72. The molecule has 1 atom stereocenters. The summed E-state index contributed by atoms with van der Waals surface area (Å²) >= 11 is 7.43. The lowest BCUT2D eigenvalue weighted by molar-refractivity contribution is 0.282. The molecule has 1 rings (SSSR count). The summed E-state index contributed by atoms with van der Waals surface area (Å²) in [7, 11) is 0. The highest BCUT2D eigenvalue weighted by molar-refractivity contribution is 7.98. The minimum atomic E-state index is 0.159. The van der Waals surface area contributed by atoms with Gasteiger partial charge in [0.05, 0.1) is 12.4 Å². The first-order valence-corrected chi connectivity index (χ1v) is 6.37. The maximum atomic E-state index is 8.88. The Morgan fingerprint density at radius 2 is 2.40 bits per heavy atom. The molecule has 0 saturated heterocycles. The molecule has 2 N–H and O–H groups in total. The minimum Gasteiger partial charge on any atom is -0.396 e. The molecule has 1 aromatic rings. The monoisotopic (exact) mass is 247 g/mol. The Hall–Kier alpha value is -0.520. The van der Waals surface area contributed by atoms with Crippen LogP contribution in [0.15, 0.2) is 12.4 Å². The standard InChI is InChI=1S/C9H14ClN3OS/c1-15-6-7(2-3-14)12-9-5-11-4-8(10)13-9/h4-5,7,14H,2-3,6H2,1H3,(H,12,13). The Morgan fingerprint density at radius 3 is 3.00 bits per heavy atom. The number of thioether (sulfide) groups is 1. The summed E-state index contributed by atoms with van der Waals surface area (Å²) in [6, 6.07) is 0.192. The second-order valence-corrected chi connectivity index (χ2v) is 4.33. The number of anilines is 1. The van der Waals surface area contributed by atoms with E-state index < -0.39 is 0 Å². The number of halogens is 1. The second kappa shape index (κ2) is 6.87. The van der Waals surface area contributed by atoms with Gasteiger partial charge in [0.2, 0.25) is 0 Å². The molecule has 0 amide bonds. The number of rotatable bonds is 6. The van der Waals surface area contributed by atoms with Crippen LogP contribution in [0.3, 0.4) is 0 Å². The van der Waals surface area contributed by atoms with Crippen molar-refractivity contribution < 1.29 is 5.11 Å². The first kappa shape index (κ1) is 12.5. The lowest BCUT2D eigenvalue weighted by Crippen LogP contribution is -2.24. The summed E-state index contributed by atoms with van der Waals surface area (Å²) in [4.78, 5) is 8.01. The van der Waals surface area contributed by atoms with Gasteiger partial charge in [-0.1, -0.05) is 11.6 Å². The molecule has 1 unspecified atom stereocenters. The second-order valence-electron chi connectivity index (χ2n) is 3.04. The van der Waals surface area contributed by atoms with E-state index in [4.69, 9.17) is 16.7 Å². The first-order chi connectivity index (χ1) is 7.26. The molecule has 84 valence electrons. The zero-order valence-corrected chi connectivity index (χ0v) is 10.1. The quantitative estimate of drug-likeness (QED) is 0.801. The van der Waals surface area contributed by atoms with Crippen molar-refractivity contribution in [3.05, 3.63) is 17.5 Å². The van der Waals surface area contributed by atoms with E-state index >= 15 is 0 Å². The average molecular weight is 248 g/mol. The van der Waals surface area contributed by atoms with Gasteiger partial charge in [-0.2, -0.15) is 11.8 Å². The zero-order chi connectivity index (χ0) is 11.1. The average Bonchev–Trinajstić information content (AvgIpc) is 2.18. The highest BCUT2D eigenvalue weighted by Crippen LogP contribution is 2.11. The number of hydrogen-bond donors (Lipinski definition) is 2. The Kier molecular flexibility index (Phi) is 5.75. The summed E-state index contributed by atoms with van der Waals surface area (Å²) in [6.07, 6.45) is 5.82. The van der Waals surface area contributed by atoms with Crippen LogP contribution in [-0.2, 0) is 0 Å². The lowest BCUT2D eigenvalue weighted by Gasteiger charge is -2.16. The fourth-order valence-electron chi connectivity index (χ4n) is 1.18. The molecule has 0 aromatic carbocycles. The molecular formula is C9H14ClN3OS. The summed E-state index contributed by atoms with van der Waals surface area (Å²) in [5.41, 5.74) is 0. The van der Waals surface area contributed by atoms with Crippen LogP contribution in [0.4, 0.5) is 5.82 Å². The van der Waals surface area contributed by atoms with Crippen molar-refractivity contribution in [1.82, 2.24) is 9.97 Å². The third-order valence-electron chi connectivity index (χ3n) is 1.80. The maximum Gasteiger partial charge on any atom is 0.149 e. The van der Waals surface area contributed by atoms with E-state index in [0.29, 0.717) is 17.4 Å². The topological polar surface area (TPSA) is 58.0 Å². The molecule has 15 heavy (non-hydrogen) atoms. The number of aliphatic hydroxyl groups excluding tert-OH is 1. The van der Waals surface area contributed by atoms with E-state index in [-0.39, 0.29) is 12.6 Å². The van der Waals surface area contributed by atoms with Crippen molar-refractivity contribution in [2.24, 2.45) is 0 Å².